The second kappa shape index (κ2) is 6.93. The summed E-state index contributed by atoms with van der Waals surface area (Å²) in [6.45, 7) is 1.47. The standard InChI is InChI=1S/C22H17N3O2/c1-14(26)24-17-6-4-5-15(13-17)9-10-16-11-12-23-21-20(16)18-7-2-3-8-19(18)22(27)25-21/h2,4-7,11-13H,3,8H2,1H3,(H,24,26)(H,23,25,27). The minimum Gasteiger partial charge on any atom is -0.326 e. The normalized spacial score (nSPS) is 12.2. The highest BCUT2D eigenvalue weighted by Crippen LogP contribution is 2.25. The minimum atomic E-state index is -0.123. The number of benzene rings is 1. The summed E-state index contributed by atoms with van der Waals surface area (Å²) >= 11 is 0. The Labute approximate surface area is 156 Å². The molecule has 0 saturated heterocycles. The quantitative estimate of drug-likeness (QED) is 0.658. The Balaban J connectivity index is 1.83. The molecule has 0 bridgehead atoms. The van der Waals surface area contributed by atoms with Gasteiger partial charge in [-0.3, -0.25) is 9.59 Å². The predicted octanol–water partition coefficient (Wildman–Crippen LogP) is 3.24. The van der Waals surface area contributed by atoms with Crippen LogP contribution in [0.2, 0.25) is 0 Å². The summed E-state index contributed by atoms with van der Waals surface area (Å²) in [7, 11) is 0. The molecule has 5 heteroatoms. The van der Waals surface area contributed by atoms with Crippen LogP contribution in [0.3, 0.4) is 0 Å². The summed E-state index contributed by atoms with van der Waals surface area (Å²) in [4.78, 5) is 30.7. The zero-order valence-electron chi connectivity index (χ0n) is 14.8. The molecule has 2 heterocycles. The highest BCUT2D eigenvalue weighted by atomic mass is 16.1. The third-order valence-corrected chi connectivity index (χ3v) is 4.42. The Morgan fingerprint density at radius 2 is 2.15 bits per heavy atom. The Kier molecular flexibility index (Phi) is 4.31. The van der Waals surface area contributed by atoms with Crippen molar-refractivity contribution in [2.75, 3.05) is 5.32 Å². The summed E-state index contributed by atoms with van der Waals surface area (Å²) in [6.07, 6.45) is 7.29. The lowest BCUT2D eigenvalue weighted by molar-refractivity contribution is -0.114. The monoisotopic (exact) mass is 355 g/mol. The molecule has 132 valence electrons. The third kappa shape index (κ3) is 3.38. The molecule has 1 aliphatic carbocycles. The molecule has 5 nitrogen and oxygen atoms in total. The average Bonchev–Trinajstić information content (AvgIpc) is 2.66. The number of H-pyrrole nitrogens is 1. The van der Waals surface area contributed by atoms with E-state index in [-0.39, 0.29) is 11.5 Å². The molecule has 0 atom stereocenters. The molecule has 2 aromatic heterocycles. The smallest absolute Gasteiger partial charge is 0.253 e. The Morgan fingerprint density at radius 3 is 3.00 bits per heavy atom. The number of aromatic amines is 1. The van der Waals surface area contributed by atoms with Crippen molar-refractivity contribution in [2.24, 2.45) is 0 Å². The van der Waals surface area contributed by atoms with E-state index in [1.165, 1.54) is 6.92 Å². The van der Waals surface area contributed by atoms with Gasteiger partial charge in [-0.2, -0.15) is 0 Å². The molecule has 0 saturated carbocycles. The van der Waals surface area contributed by atoms with Crippen molar-refractivity contribution < 1.29 is 4.79 Å². The number of aromatic nitrogens is 2. The lowest BCUT2D eigenvalue weighted by Crippen LogP contribution is -2.17. The number of pyridine rings is 2. The molecule has 0 radical (unpaired) electrons. The number of carbonyl (C=O) groups is 1. The lowest BCUT2D eigenvalue weighted by atomic mass is 9.94. The average molecular weight is 355 g/mol. The lowest BCUT2D eigenvalue weighted by Gasteiger charge is -2.12. The van der Waals surface area contributed by atoms with Crippen LogP contribution < -0.4 is 10.9 Å². The number of nitrogens with one attached hydrogen (secondary N) is 2. The van der Waals surface area contributed by atoms with Crippen molar-refractivity contribution in [3.05, 3.63) is 75.2 Å². The van der Waals surface area contributed by atoms with Crippen LogP contribution in [-0.2, 0) is 11.2 Å². The number of rotatable bonds is 1. The Hall–Kier alpha value is -3.65. The van der Waals surface area contributed by atoms with Crippen LogP contribution in [0.4, 0.5) is 5.69 Å². The number of hydrogen-bond donors (Lipinski definition) is 2. The molecule has 0 unspecified atom stereocenters. The zero-order chi connectivity index (χ0) is 18.8. The van der Waals surface area contributed by atoms with E-state index in [0.29, 0.717) is 11.3 Å². The first-order valence-electron chi connectivity index (χ1n) is 8.72. The topological polar surface area (TPSA) is 74.8 Å². The molecular formula is C22H17N3O2. The number of fused-ring (bicyclic) bond motifs is 3. The van der Waals surface area contributed by atoms with Crippen LogP contribution in [0.5, 0.6) is 0 Å². The number of nitrogens with zero attached hydrogens (tertiary/aromatic N) is 1. The molecule has 1 aliphatic rings. The maximum atomic E-state index is 12.3. The number of hydrogen-bond acceptors (Lipinski definition) is 3. The van der Waals surface area contributed by atoms with Gasteiger partial charge in [0.25, 0.3) is 5.56 Å². The van der Waals surface area contributed by atoms with Gasteiger partial charge in [0.2, 0.25) is 5.91 Å². The van der Waals surface area contributed by atoms with E-state index in [1.54, 1.807) is 6.20 Å². The number of anilines is 1. The molecule has 0 aliphatic heterocycles. The third-order valence-electron chi connectivity index (χ3n) is 4.42. The molecule has 1 amide bonds. The van der Waals surface area contributed by atoms with Crippen LogP contribution in [0.25, 0.3) is 17.1 Å². The van der Waals surface area contributed by atoms with Gasteiger partial charge in [-0.05, 0) is 42.7 Å². The summed E-state index contributed by atoms with van der Waals surface area (Å²) in [6, 6.07) is 9.24. The van der Waals surface area contributed by atoms with Gasteiger partial charge in [0.05, 0.1) is 0 Å². The molecular weight excluding hydrogens is 338 g/mol. The van der Waals surface area contributed by atoms with E-state index in [1.807, 2.05) is 36.4 Å². The van der Waals surface area contributed by atoms with Crippen molar-refractivity contribution in [1.82, 2.24) is 9.97 Å². The van der Waals surface area contributed by atoms with Gasteiger partial charge < -0.3 is 10.3 Å². The van der Waals surface area contributed by atoms with Gasteiger partial charge in [-0.15, -0.1) is 0 Å². The van der Waals surface area contributed by atoms with Crippen molar-refractivity contribution in [1.29, 1.82) is 0 Å². The van der Waals surface area contributed by atoms with E-state index >= 15 is 0 Å². The zero-order valence-corrected chi connectivity index (χ0v) is 14.8. The van der Waals surface area contributed by atoms with Crippen LogP contribution >= 0.6 is 0 Å². The van der Waals surface area contributed by atoms with Crippen molar-refractivity contribution >= 4 is 28.7 Å². The number of amides is 1. The molecule has 1 aromatic carbocycles. The fourth-order valence-electron chi connectivity index (χ4n) is 3.27. The minimum absolute atomic E-state index is 0.0810. The van der Waals surface area contributed by atoms with E-state index in [0.717, 1.165) is 40.5 Å². The first-order chi connectivity index (χ1) is 13.1. The number of allylic oxidation sites excluding steroid dienone is 1. The van der Waals surface area contributed by atoms with Gasteiger partial charge in [0, 0.05) is 40.9 Å². The first kappa shape index (κ1) is 16.8. The first-order valence-corrected chi connectivity index (χ1v) is 8.72. The molecule has 0 fully saturated rings. The molecule has 2 N–H and O–H groups in total. The van der Waals surface area contributed by atoms with Gasteiger partial charge in [-0.25, -0.2) is 4.98 Å². The summed E-state index contributed by atoms with van der Waals surface area (Å²) in [5.74, 6) is 6.22. The van der Waals surface area contributed by atoms with Crippen LogP contribution in [-0.4, -0.2) is 15.9 Å². The largest absolute Gasteiger partial charge is 0.326 e. The van der Waals surface area contributed by atoms with Gasteiger partial charge in [0.1, 0.15) is 5.65 Å². The van der Waals surface area contributed by atoms with E-state index in [4.69, 9.17) is 0 Å². The van der Waals surface area contributed by atoms with Gasteiger partial charge in [0.15, 0.2) is 0 Å². The maximum Gasteiger partial charge on any atom is 0.253 e. The Morgan fingerprint density at radius 1 is 1.26 bits per heavy atom. The summed E-state index contributed by atoms with van der Waals surface area (Å²) in [5, 5.41) is 3.62. The summed E-state index contributed by atoms with van der Waals surface area (Å²) < 4.78 is 0. The van der Waals surface area contributed by atoms with Crippen LogP contribution in [0.1, 0.15) is 35.6 Å². The van der Waals surface area contributed by atoms with Crippen LogP contribution in [0, 0.1) is 11.8 Å². The van der Waals surface area contributed by atoms with E-state index in [2.05, 4.69) is 33.2 Å². The van der Waals surface area contributed by atoms with Gasteiger partial charge in [-0.1, -0.05) is 30.1 Å². The van der Waals surface area contributed by atoms with E-state index in [9.17, 15) is 9.59 Å². The second-order valence-corrected chi connectivity index (χ2v) is 6.38. The predicted molar refractivity (Wildman–Crippen MR) is 106 cm³/mol. The Bertz CT molecular complexity index is 1210. The van der Waals surface area contributed by atoms with Crippen LogP contribution in [0.15, 0.2) is 47.4 Å². The second-order valence-electron chi connectivity index (χ2n) is 6.38. The van der Waals surface area contributed by atoms with E-state index < -0.39 is 0 Å². The van der Waals surface area contributed by atoms with Gasteiger partial charge >= 0.3 is 0 Å². The van der Waals surface area contributed by atoms with Crippen molar-refractivity contribution in [3.63, 3.8) is 0 Å². The molecule has 3 aromatic rings. The fourth-order valence-corrected chi connectivity index (χ4v) is 3.27. The molecule has 0 spiro atoms. The highest BCUT2D eigenvalue weighted by Gasteiger charge is 2.15. The molecule has 27 heavy (non-hydrogen) atoms. The molecule has 4 rings (SSSR count). The van der Waals surface area contributed by atoms with Crippen molar-refractivity contribution in [2.45, 2.75) is 19.8 Å². The SMILES string of the molecule is CC(=O)Nc1cccc(C#Cc2ccnc3[nH]c(=O)c4c(c23)C=CCC4)c1. The highest BCUT2D eigenvalue weighted by molar-refractivity contribution is 5.92. The number of carbonyl (C=O) groups excluding carboxylic acids is 1. The fraction of sp³-hybridized carbons (Fsp3) is 0.136. The summed E-state index contributed by atoms with van der Waals surface area (Å²) in [5.41, 5.74) is 4.47. The van der Waals surface area contributed by atoms with Crippen molar-refractivity contribution in [3.8, 4) is 11.8 Å². The maximum absolute atomic E-state index is 12.3.